The smallest absolute Gasteiger partial charge is 0.254 e. The Kier molecular flexibility index (Phi) is 5.61. The molecule has 0 aromatic heterocycles. The number of nitrogens with zero attached hydrogens (tertiary/aromatic N) is 1. The van der Waals surface area contributed by atoms with E-state index in [4.69, 9.17) is 9.47 Å². The van der Waals surface area contributed by atoms with Crippen molar-refractivity contribution in [2.24, 2.45) is 11.8 Å². The van der Waals surface area contributed by atoms with E-state index in [1.165, 1.54) is 12.1 Å². The minimum absolute atomic E-state index is 0.0842. The van der Waals surface area contributed by atoms with Crippen LogP contribution in [0.4, 0.5) is 4.39 Å². The molecular formula is C23H25FN2O4. The molecular weight excluding hydrogens is 387 g/mol. The Labute approximate surface area is 175 Å². The van der Waals surface area contributed by atoms with Crippen molar-refractivity contribution in [2.75, 3.05) is 26.4 Å². The normalized spacial score (nSPS) is 19.9. The number of halogens is 1. The summed E-state index contributed by atoms with van der Waals surface area (Å²) >= 11 is 0. The summed E-state index contributed by atoms with van der Waals surface area (Å²) < 4.78 is 24.1. The maximum Gasteiger partial charge on any atom is 0.254 e. The van der Waals surface area contributed by atoms with E-state index in [1.807, 2.05) is 13.8 Å². The number of hydrogen-bond donors (Lipinski definition) is 1. The topological polar surface area (TPSA) is 67.9 Å². The quantitative estimate of drug-likeness (QED) is 0.819. The zero-order chi connectivity index (χ0) is 21.3. The number of hydrogen-bond acceptors (Lipinski definition) is 4. The highest BCUT2D eigenvalue weighted by Crippen LogP contribution is 2.36. The highest BCUT2D eigenvalue weighted by Gasteiger charge is 2.40. The van der Waals surface area contributed by atoms with Gasteiger partial charge in [0.05, 0.1) is 5.92 Å². The number of ether oxygens (including phenoxy) is 2. The molecule has 2 aromatic carbocycles. The minimum Gasteiger partial charge on any atom is -0.454 e. The van der Waals surface area contributed by atoms with E-state index in [0.717, 1.165) is 5.56 Å². The van der Waals surface area contributed by atoms with Crippen LogP contribution in [0.1, 0.15) is 35.7 Å². The predicted molar refractivity (Wildman–Crippen MR) is 109 cm³/mol. The number of likely N-dealkylation sites (tertiary alicyclic amines) is 1. The molecule has 0 radical (unpaired) electrons. The van der Waals surface area contributed by atoms with Crippen LogP contribution in [0.3, 0.4) is 0 Å². The molecule has 158 valence electrons. The molecule has 2 aliphatic rings. The Morgan fingerprint density at radius 3 is 2.57 bits per heavy atom. The van der Waals surface area contributed by atoms with Crippen molar-refractivity contribution in [2.45, 2.75) is 19.8 Å². The number of rotatable bonds is 5. The van der Waals surface area contributed by atoms with Gasteiger partial charge in [-0.05, 0) is 41.8 Å². The van der Waals surface area contributed by atoms with E-state index < -0.39 is 5.92 Å². The summed E-state index contributed by atoms with van der Waals surface area (Å²) in [6.45, 7) is 5.46. The van der Waals surface area contributed by atoms with Crippen molar-refractivity contribution in [1.82, 2.24) is 10.2 Å². The van der Waals surface area contributed by atoms with E-state index in [0.29, 0.717) is 42.6 Å². The second kappa shape index (κ2) is 8.34. The van der Waals surface area contributed by atoms with E-state index in [2.05, 4.69) is 5.32 Å². The summed E-state index contributed by atoms with van der Waals surface area (Å²) in [7, 11) is 0. The molecule has 0 saturated carbocycles. The molecule has 2 aromatic rings. The number of fused-ring (bicyclic) bond motifs is 1. The standard InChI is InChI=1S/C23H25FN2O4/c1-14(2)10-25-22(27)19-12-26(11-18(19)15-3-6-17(24)7-4-15)23(28)16-5-8-20-21(9-16)30-13-29-20/h3-9,14,18-19H,10-13H2,1-2H3,(H,25,27)/t18-,19-/m0/s1. The molecule has 7 heteroatoms. The number of carbonyl (C=O) groups is 2. The molecule has 0 aliphatic carbocycles. The lowest BCUT2D eigenvalue weighted by Crippen LogP contribution is -2.37. The monoisotopic (exact) mass is 412 g/mol. The molecule has 30 heavy (non-hydrogen) atoms. The third kappa shape index (κ3) is 4.10. The average molecular weight is 412 g/mol. The summed E-state index contributed by atoms with van der Waals surface area (Å²) in [6.07, 6.45) is 0. The van der Waals surface area contributed by atoms with Crippen molar-refractivity contribution in [3.63, 3.8) is 0 Å². The van der Waals surface area contributed by atoms with Gasteiger partial charge in [0, 0.05) is 31.1 Å². The van der Waals surface area contributed by atoms with Crippen LogP contribution in [0.5, 0.6) is 11.5 Å². The maximum atomic E-state index is 13.4. The number of carbonyl (C=O) groups excluding carboxylic acids is 2. The van der Waals surface area contributed by atoms with Gasteiger partial charge in [0.25, 0.3) is 5.91 Å². The summed E-state index contributed by atoms with van der Waals surface area (Å²) in [5, 5.41) is 2.98. The number of nitrogens with one attached hydrogen (secondary N) is 1. The second-order valence-electron chi connectivity index (χ2n) is 8.18. The van der Waals surface area contributed by atoms with Gasteiger partial charge in [0.15, 0.2) is 11.5 Å². The molecule has 1 fully saturated rings. The van der Waals surface area contributed by atoms with Crippen LogP contribution >= 0.6 is 0 Å². The maximum absolute atomic E-state index is 13.4. The van der Waals surface area contributed by atoms with Crippen LogP contribution in [0, 0.1) is 17.7 Å². The molecule has 4 rings (SSSR count). The summed E-state index contributed by atoms with van der Waals surface area (Å²) in [6, 6.07) is 11.3. The van der Waals surface area contributed by atoms with Crippen LogP contribution in [0.25, 0.3) is 0 Å². The summed E-state index contributed by atoms with van der Waals surface area (Å²) in [5.41, 5.74) is 1.34. The fourth-order valence-electron chi connectivity index (χ4n) is 3.93. The molecule has 0 spiro atoms. The first-order chi connectivity index (χ1) is 14.4. The molecule has 0 unspecified atom stereocenters. The lowest BCUT2D eigenvalue weighted by atomic mass is 9.88. The van der Waals surface area contributed by atoms with Gasteiger partial charge in [-0.3, -0.25) is 9.59 Å². The molecule has 6 nitrogen and oxygen atoms in total. The fraction of sp³-hybridized carbons (Fsp3) is 0.391. The summed E-state index contributed by atoms with van der Waals surface area (Å²) in [4.78, 5) is 27.7. The third-order valence-corrected chi connectivity index (χ3v) is 5.55. The van der Waals surface area contributed by atoms with Crippen molar-refractivity contribution in [1.29, 1.82) is 0 Å². The van der Waals surface area contributed by atoms with Gasteiger partial charge in [-0.25, -0.2) is 4.39 Å². The predicted octanol–water partition coefficient (Wildman–Crippen LogP) is 3.18. The first kappa shape index (κ1) is 20.2. The molecule has 2 heterocycles. The zero-order valence-corrected chi connectivity index (χ0v) is 17.1. The van der Waals surface area contributed by atoms with Gasteiger partial charge in [-0.1, -0.05) is 26.0 Å². The van der Waals surface area contributed by atoms with Gasteiger partial charge < -0.3 is 19.7 Å². The van der Waals surface area contributed by atoms with Crippen LogP contribution in [-0.4, -0.2) is 43.1 Å². The van der Waals surface area contributed by atoms with Crippen LogP contribution in [0.15, 0.2) is 42.5 Å². The number of benzene rings is 2. The van der Waals surface area contributed by atoms with Gasteiger partial charge in [0.2, 0.25) is 12.7 Å². The van der Waals surface area contributed by atoms with Crippen molar-refractivity contribution < 1.29 is 23.5 Å². The lowest BCUT2D eigenvalue weighted by Gasteiger charge is -2.18. The molecule has 1 N–H and O–H groups in total. The summed E-state index contributed by atoms with van der Waals surface area (Å²) in [5.74, 6) is 0.308. The van der Waals surface area contributed by atoms with E-state index in [1.54, 1.807) is 35.2 Å². The van der Waals surface area contributed by atoms with E-state index in [9.17, 15) is 14.0 Å². The molecule has 2 amide bonds. The van der Waals surface area contributed by atoms with E-state index in [-0.39, 0.29) is 30.3 Å². The Balaban J connectivity index is 1.56. The van der Waals surface area contributed by atoms with Crippen LogP contribution in [0.2, 0.25) is 0 Å². The van der Waals surface area contributed by atoms with Gasteiger partial charge in [-0.15, -0.1) is 0 Å². The number of amides is 2. The van der Waals surface area contributed by atoms with Crippen molar-refractivity contribution in [3.05, 3.63) is 59.4 Å². The highest BCUT2D eigenvalue weighted by molar-refractivity contribution is 5.96. The van der Waals surface area contributed by atoms with Crippen LogP contribution in [-0.2, 0) is 4.79 Å². The third-order valence-electron chi connectivity index (χ3n) is 5.55. The molecule has 2 atom stereocenters. The van der Waals surface area contributed by atoms with Gasteiger partial charge in [-0.2, -0.15) is 0 Å². The Bertz CT molecular complexity index is 945. The minimum atomic E-state index is -0.396. The van der Waals surface area contributed by atoms with E-state index >= 15 is 0 Å². The van der Waals surface area contributed by atoms with Gasteiger partial charge in [0.1, 0.15) is 5.82 Å². The molecule has 2 aliphatic heterocycles. The fourth-order valence-corrected chi connectivity index (χ4v) is 3.93. The molecule has 0 bridgehead atoms. The molecule has 1 saturated heterocycles. The largest absolute Gasteiger partial charge is 0.454 e. The second-order valence-corrected chi connectivity index (χ2v) is 8.18. The van der Waals surface area contributed by atoms with Crippen LogP contribution < -0.4 is 14.8 Å². The lowest BCUT2D eigenvalue weighted by molar-refractivity contribution is -0.125. The SMILES string of the molecule is CC(C)CNC(=O)[C@H]1CN(C(=O)c2ccc3c(c2)OCO3)C[C@H]1c1ccc(F)cc1. The Morgan fingerprint density at radius 1 is 1.10 bits per heavy atom. The first-order valence-corrected chi connectivity index (χ1v) is 10.1. The highest BCUT2D eigenvalue weighted by atomic mass is 19.1. The Hall–Kier alpha value is -3.09. The van der Waals surface area contributed by atoms with Gasteiger partial charge >= 0.3 is 0 Å². The first-order valence-electron chi connectivity index (χ1n) is 10.1. The average Bonchev–Trinajstić information content (AvgIpc) is 3.38. The zero-order valence-electron chi connectivity index (χ0n) is 17.1. The Morgan fingerprint density at radius 2 is 1.83 bits per heavy atom. The van der Waals surface area contributed by atoms with Crippen molar-refractivity contribution in [3.8, 4) is 11.5 Å². The van der Waals surface area contributed by atoms with Crippen molar-refractivity contribution >= 4 is 11.8 Å².